The molecule has 4 aliphatic rings. The molecule has 14 nitrogen and oxygen atoms in total. The second-order valence-corrected chi connectivity index (χ2v) is 14.0. The van der Waals surface area contributed by atoms with Crippen molar-refractivity contribution in [1.29, 1.82) is 0 Å². The van der Waals surface area contributed by atoms with Crippen LogP contribution in [-0.4, -0.2) is 116 Å². The molecule has 16 heteroatoms. The summed E-state index contributed by atoms with van der Waals surface area (Å²) in [6, 6.07) is -1.26. The van der Waals surface area contributed by atoms with Gasteiger partial charge in [-0.1, -0.05) is 25.5 Å². The average molecular weight is 1110 g/mol. The van der Waals surface area contributed by atoms with Gasteiger partial charge in [0, 0.05) is 119 Å². The number of alkyl carbamates (subject to hydrolysis) is 1. The summed E-state index contributed by atoms with van der Waals surface area (Å²) in [7, 11) is 0. The molecule has 2 radical (unpaired) electrons. The van der Waals surface area contributed by atoms with E-state index in [0.29, 0.717) is 5.57 Å². The summed E-state index contributed by atoms with van der Waals surface area (Å²) in [6.45, 7) is 11.8. The number of aliphatic hydroxyl groups is 5. The average Bonchev–Trinajstić information content (AvgIpc) is 2.94. The zero-order valence-electron chi connectivity index (χ0n) is 28.7. The van der Waals surface area contributed by atoms with Gasteiger partial charge in [-0.3, -0.25) is 9.59 Å². The maximum Gasteiger partial charge on any atom is 0.407 e. The van der Waals surface area contributed by atoms with E-state index in [-0.39, 0.29) is 119 Å². The van der Waals surface area contributed by atoms with Crippen molar-refractivity contribution in [1.82, 2.24) is 5.32 Å². The van der Waals surface area contributed by atoms with E-state index in [9.17, 15) is 44.7 Å². The Morgan fingerprint density at radius 1 is 1.08 bits per heavy atom. The minimum Gasteiger partial charge on any atom is -0.459 e. The van der Waals surface area contributed by atoms with Crippen LogP contribution in [0, 0.1) is 105 Å². The van der Waals surface area contributed by atoms with Gasteiger partial charge >= 0.3 is 18.0 Å². The number of aliphatic hydroxyl groups excluding tert-OH is 3. The monoisotopic (exact) mass is 1110 g/mol. The van der Waals surface area contributed by atoms with Crippen molar-refractivity contribution >= 4 is 23.8 Å². The fourth-order valence-electron chi connectivity index (χ4n) is 8.03. The molecule has 3 fully saturated rings. The first kappa shape index (κ1) is 44.2. The molecule has 1 aliphatic heterocycles. The Hall–Kier alpha value is 0.00312. The second-order valence-electron chi connectivity index (χ2n) is 14.0. The van der Waals surface area contributed by atoms with Crippen molar-refractivity contribution in [2.24, 2.45) is 16.7 Å². The number of hydrogen-bond donors (Lipinski definition) is 6. The molecule has 0 spiro atoms. The SMILES string of the molecule is CCOC(=O)N[C@@H](C=C(C)C)[C@@H](O)C(=O)O[C@H]1C[C@@]2(O)[C@@H](OC(C)=O)[C@@H]3[C@]4(O)CO[C@@H]4C[C@H](O)[C@@]3(C)C(=O)[C@H](O)C(=C1C)C2(C)C.[Ac].[Ac]. The van der Waals surface area contributed by atoms with Gasteiger partial charge in [0.05, 0.1) is 36.9 Å². The zero-order valence-corrected chi connectivity index (χ0v) is 38.2. The number of rotatable bonds is 7. The number of nitrogens with one attached hydrogen (secondary N) is 1. The molecule has 0 unspecified atom stereocenters. The van der Waals surface area contributed by atoms with E-state index in [2.05, 4.69) is 5.32 Å². The molecule has 0 aromatic carbocycles. The Kier molecular flexibility index (Phi) is 14.7. The van der Waals surface area contributed by atoms with Crippen molar-refractivity contribution in [3.05, 3.63) is 22.8 Å². The third-order valence-corrected chi connectivity index (χ3v) is 10.6. The number of carbonyl (C=O) groups excluding carboxylic acids is 4. The minimum absolute atomic E-state index is 0. The molecule has 0 aromatic rings. The van der Waals surface area contributed by atoms with Gasteiger partial charge in [0.15, 0.2) is 11.9 Å². The Labute approximate surface area is 351 Å². The van der Waals surface area contributed by atoms with Crippen molar-refractivity contribution in [2.75, 3.05) is 13.2 Å². The zero-order chi connectivity index (χ0) is 34.7. The second kappa shape index (κ2) is 15.9. The number of carbonyl (C=O) groups is 4. The quantitative estimate of drug-likeness (QED) is 0.114. The van der Waals surface area contributed by atoms with Gasteiger partial charge < -0.3 is 49.8 Å². The normalized spacial score (nSPS) is 37.6. The summed E-state index contributed by atoms with van der Waals surface area (Å²) >= 11 is 0. The van der Waals surface area contributed by atoms with Gasteiger partial charge in [0.25, 0.3) is 0 Å². The summed E-state index contributed by atoms with van der Waals surface area (Å²) in [6.07, 6.45) is -9.33. The van der Waals surface area contributed by atoms with E-state index >= 15 is 0 Å². The number of esters is 2. The van der Waals surface area contributed by atoms with E-state index in [4.69, 9.17) is 18.9 Å². The largest absolute Gasteiger partial charge is 0.459 e. The van der Waals surface area contributed by atoms with Gasteiger partial charge in [0.2, 0.25) is 0 Å². The third kappa shape index (κ3) is 7.30. The van der Waals surface area contributed by atoms with E-state index in [1.165, 1.54) is 19.9 Å². The van der Waals surface area contributed by atoms with E-state index < -0.39 is 101 Å². The summed E-state index contributed by atoms with van der Waals surface area (Å²) in [5.41, 5.74) is -6.64. The molecule has 1 saturated heterocycles. The smallest absolute Gasteiger partial charge is 0.407 e. The predicted molar refractivity (Wildman–Crippen MR) is 159 cm³/mol. The molecule has 2 saturated carbocycles. The molecule has 6 N–H and O–H groups in total. The molecular formula is C32H47Ac2NO13. The molecule has 3 aliphatic carbocycles. The fourth-order valence-corrected chi connectivity index (χ4v) is 8.03. The first-order valence-electron chi connectivity index (χ1n) is 15.5. The van der Waals surface area contributed by atoms with E-state index in [1.54, 1.807) is 34.6 Å². The maximum absolute atomic E-state index is 14.3. The van der Waals surface area contributed by atoms with Crippen LogP contribution in [0.2, 0.25) is 0 Å². The van der Waals surface area contributed by atoms with Crippen LogP contribution in [0.3, 0.4) is 0 Å². The van der Waals surface area contributed by atoms with Gasteiger partial charge in [-0.05, 0) is 45.8 Å². The summed E-state index contributed by atoms with van der Waals surface area (Å²) in [4.78, 5) is 52.5. The molecule has 0 aromatic heterocycles. The van der Waals surface area contributed by atoms with Crippen molar-refractivity contribution < 1.29 is 152 Å². The third-order valence-electron chi connectivity index (χ3n) is 10.6. The summed E-state index contributed by atoms with van der Waals surface area (Å²) < 4.78 is 21.9. The molecule has 11 atom stereocenters. The number of Topliss-reactive ketones (excluding diaryl/α,β-unsaturated/α-hetero) is 1. The van der Waals surface area contributed by atoms with Crippen LogP contribution in [0.1, 0.15) is 68.2 Å². The molecule has 1 heterocycles. The van der Waals surface area contributed by atoms with E-state index in [1.807, 2.05) is 0 Å². The first-order chi connectivity index (χ1) is 21.2. The van der Waals surface area contributed by atoms with Gasteiger partial charge in [-0.15, -0.1) is 0 Å². The Morgan fingerprint density at radius 2 is 1.69 bits per heavy atom. The number of ether oxygens (including phenoxy) is 4. The first-order valence-corrected chi connectivity index (χ1v) is 15.5. The van der Waals surface area contributed by atoms with Crippen LogP contribution in [0.15, 0.2) is 22.8 Å². The summed E-state index contributed by atoms with van der Waals surface area (Å²) in [5.74, 6) is -4.37. The van der Waals surface area contributed by atoms with E-state index in [0.717, 1.165) is 6.92 Å². The number of fused-ring (bicyclic) bond motifs is 5. The van der Waals surface area contributed by atoms with Crippen LogP contribution in [-0.2, 0) is 33.3 Å². The van der Waals surface area contributed by atoms with Crippen LogP contribution in [0.5, 0.6) is 0 Å². The number of allylic oxidation sites excluding steroid dienone is 1. The molecule has 48 heavy (non-hydrogen) atoms. The standard InChI is InChI=1S/C32H47NO13.2Ac/c1-9-43-28(40)33-17(10-14(2)3)22(36)27(39)46-18-12-32(42)26(45-16(5)34)24-30(8,19(35)11-20-31(24,41)13-44-20)25(38)23(37)21(15(18)4)29(32,6)7;;/h10,17-20,22-24,26,35-37,41-42H,9,11-13H2,1-8H3,(H,33,40);;/t17-,18-,19-,20+,22+,23+,24-,26-,30+,31-,32+;;/m0../s1. The number of hydrogen-bond acceptors (Lipinski definition) is 13. The predicted octanol–water partition coefficient (Wildman–Crippen LogP) is 0.210. The number of ketones is 1. The van der Waals surface area contributed by atoms with Crippen LogP contribution >= 0.6 is 0 Å². The molecule has 2 bridgehead atoms. The van der Waals surface area contributed by atoms with Gasteiger partial charge in [-0.2, -0.15) is 0 Å². The van der Waals surface area contributed by atoms with Crippen molar-refractivity contribution in [3.63, 3.8) is 0 Å². The van der Waals surface area contributed by atoms with Crippen molar-refractivity contribution in [3.8, 4) is 0 Å². The number of amides is 1. The Balaban J connectivity index is 0.00000400. The van der Waals surface area contributed by atoms with Crippen LogP contribution in [0.25, 0.3) is 0 Å². The van der Waals surface area contributed by atoms with Gasteiger partial charge in [-0.25, -0.2) is 9.59 Å². The summed E-state index contributed by atoms with van der Waals surface area (Å²) in [5, 5.41) is 61.2. The maximum atomic E-state index is 14.3. The molecule has 264 valence electrons. The Morgan fingerprint density at radius 3 is 2.19 bits per heavy atom. The molecular weight excluding hydrogens is 1060 g/mol. The Bertz CT molecular complexity index is 1350. The molecule has 4 rings (SSSR count). The minimum atomic E-state index is -2.22. The van der Waals surface area contributed by atoms with Gasteiger partial charge in [0.1, 0.15) is 29.5 Å². The molecule has 1 amide bonds. The van der Waals surface area contributed by atoms with Crippen LogP contribution < -0.4 is 5.32 Å². The van der Waals surface area contributed by atoms with Crippen molar-refractivity contribution in [2.45, 2.75) is 122 Å². The van der Waals surface area contributed by atoms with Crippen LogP contribution in [0.4, 0.5) is 4.79 Å². The fraction of sp³-hybridized carbons (Fsp3) is 0.750. The topological polar surface area (TPSA) is 218 Å².